The van der Waals surface area contributed by atoms with Gasteiger partial charge in [-0.25, -0.2) is 4.79 Å². The van der Waals surface area contributed by atoms with Gasteiger partial charge in [0.2, 0.25) is 0 Å². The first-order chi connectivity index (χ1) is 6.83. The van der Waals surface area contributed by atoms with Crippen molar-refractivity contribution in [2.24, 2.45) is 0 Å². The standard InChI is InChI=1S/C11H10O2S/c1-13-11(12)8-5-9-14-10-6-3-2-4-7-10/h2-4,6-7H,9H2,1H3. The second-order valence-electron chi connectivity index (χ2n) is 2.40. The molecule has 72 valence electrons. The van der Waals surface area contributed by atoms with E-state index >= 15 is 0 Å². The first-order valence-electron chi connectivity index (χ1n) is 4.07. The van der Waals surface area contributed by atoms with Crippen molar-refractivity contribution in [1.29, 1.82) is 0 Å². The van der Waals surface area contributed by atoms with Crippen LogP contribution in [0, 0.1) is 11.8 Å². The van der Waals surface area contributed by atoms with E-state index in [-0.39, 0.29) is 0 Å². The van der Waals surface area contributed by atoms with Crippen molar-refractivity contribution < 1.29 is 9.53 Å². The van der Waals surface area contributed by atoms with Gasteiger partial charge in [-0.2, -0.15) is 0 Å². The molecule has 1 aromatic rings. The Balaban J connectivity index is 2.34. The molecule has 14 heavy (non-hydrogen) atoms. The topological polar surface area (TPSA) is 26.3 Å². The summed E-state index contributed by atoms with van der Waals surface area (Å²) in [7, 11) is 1.32. The van der Waals surface area contributed by atoms with E-state index in [1.807, 2.05) is 30.3 Å². The van der Waals surface area contributed by atoms with Gasteiger partial charge in [-0.15, -0.1) is 11.8 Å². The van der Waals surface area contributed by atoms with Gasteiger partial charge >= 0.3 is 5.97 Å². The number of methoxy groups -OCH3 is 1. The molecule has 0 bridgehead atoms. The van der Waals surface area contributed by atoms with Gasteiger partial charge in [0.15, 0.2) is 0 Å². The molecule has 0 atom stereocenters. The number of thioether (sulfide) groups is 1. The number of rotatable bonds is 2. The highest BCUT2D eigenvalue weighted by Gasteiger charge is 1.90. The van der Waals surface area contributed by atoms with Crippen LogP contribution in [0.1, 0.15) is 0 Å². The Morgan fingerprint density at radius 3 is 2.79 bits per heavy atom. The van der Waals surface area contributed by atoms with Crippen molar-refractivity contribution in [1.82, 2.24) is 0 Å². The molecule has 0 fully saturated rings. The summed E-state index contributed by atoms with van der Waals surface area (Å²) in [6.07, 6.45) is 0. The molecule has 2 nitrogen and oxygen atoms in total. The van der Waals surface area contributed by atoms with Gasteiger partial charge in [0.05, 0.1) is 12.9 Å². The van der Waals surface area contributed by atoms with Gasteiger partial charge in [0, 0.05) is 10.8 Å². The van der Waals surface area contributed by atoms with Crippen LogP contribution >= 0.6 is 11.8 Å². The number of carbonyl (C=O) groups excluding carboxylic acids is 1. The van der Waals surface area contributed by atoms with E-state index in [9.17, 15) is 4.79 Å². The van der Waals surface area contributed by atoms with E-state index in [0.717, 1.165) is 4.90 Å². The lowest BCUT2D eigenvalue weighted by molar-refractivity contribution is -0.133. The van der Waals surface area contributed by atoms with Crippen molar-refractivity contribution in [3.8, 4) is 11.8 Å². The van der Waals surface area contributed by atoms with Crippen molar-refractivity contribution in [2.45, 2.75) is 4.90 Å². The molecule has 0 aromatic heterocycles. The third-order valence-corrected chi connectivity index (χ3v) is 2.32. The summed E-state index contributed by atoms with van der Waals surface area (Å²) in [5, 5.41) is 0. The highest BCUT2D eigenvalue weighted by Crippen LogP contribution is 2.15. The molecule has 1 aromatic carbocycles. The third kappa shape index (κ3) is 4.01. The Morgan fingerprint density at radius 1 is 1.43 bits per heavy atom. The van der Waals surface area contributed by atoms with Gasteiger partial charge < -0.3 is 4.74 Å². The zero-order chi connectivity index (χ0) is 10.2. The molecule has 3 heteroatoms. The summed E-state index contributed by atoms with van der Waals surface area (Å²) in [5.41, 5.74) is 0. The van der Waals surface area contributed by atoms with E-state index in [4.69, 9.17) is 0 Å². The Bertz CT molecular complexity index is 349. The maximum atomic E-state index is 10.6. The zero-order valence-corrected chi connectivity index (χ0v) is 8.64. The lowest BCUT2D eigenvalue weighted by Gasteiger charge is -1.94. The largest absolute Gasteiger partial charge is 0.459 e. The number of hydrogen-bond donors (Lipinski definition) is 0. The van der Waals surface area contributed by atoms with Crippen LogP contribution in [0.25, 0.3) is 0 Å². The predicted octanol–water partition coefficient (Wildman–Crippen LogP) is 1.96. The fraction of sp³-hybridized carbons (Fsp3) is 0.182. The minimum Gasteiger partial charge on any atom is -0.459 e. The average molecular weight is 206 g/mol. The number of benzene rings is 1. The van der Waals surface area contributed by atoms with E-state index in [2.05, 4.69) is 16.6 Å². The normalized spacial score (nSPS) is 8.64. The number of hydrogen-bond acceptors (Lipinski definition) is 3. The summed E-state index contributed by atoms with van der Waals surface area (Å²) in [6.45, 7) is 0. The van der Waals surface area contributed by atoms with Crippen molar-refractivity contribution in [2.75, 3.05) is 12.9 Å². The van der Waals surface area contributed by atoms with Crippen molar-refractivity contribution in [3.05, 3.63) is 30.3 Å². The molecule has 0 unspecified atom stereocenters. The summed E-state index contributed by atoms with van der Waals surface area (Å²) in [5.74, 6) is 5.20. The minimum atomic E-state index is -0.487. The van der Waals surface area contributed by atoms with E-state index < -0.39 is 5.97 Å². The zero-order valence-electron chi connectivity index (χ0n) is 7.82. The fourth-order valence-electron chi connectivity index (χ4n) is 0.795. The smallest absolute Gasteiger partial charge is 0.384 e. The summed E-state index contributed by atoms with van der Waals surface area (Å²) in [6, 6.07) is 9.91. The molecule has 0 saturated carbocycles. The van der Waals surface area contributed by atoms with Gasteiger partial charge in [-0.05, 0) is 12.1 Å². The molecule has 0 aliphatic carbocycles. The van der Waals surface area contributed by atoms with E-state index in [1.165, 1.54) is 7.11 Å². The number of carbonyl (C=O) groups is 1. The monoisotopic (exact) mass is 206 g/mol. The molecule has 0 aliphatic heterocycles. The summed E-state index contributed by atoms with van der Waals surface area (Å²) < 4.78 is 4.38. The number of ether oxygens (including phenoxy) is 1. The first kappa shape index (κ1) is 10.7. The minimum absolute atomic E-state index is 0.487. The van der Waals surface area contributed by atoms with E-state index in [1.54, 1.807) is 11.8 Å². The third-order valence-electron chi connectivity index (χ3n) is 1.43. The molecule has 0 saturated heterocycles. The Kier molecular flexibility index (Phi) is 4.66. The van der Waals surface area contributed by atoms with Crippen LogP contribution in [0.4, 0.5) is 0 Å². The quantitative estimate of drug-likeness (QED) is 0.320. The second-order valence-corrected chi connectivity index (χ2v) is 3.44. The van der Waals surface area contributed by atoms with Gasteiger partial charge in [-0.3, -0.25) is 0 Å². The molecular weight excluding hydrogens is 196 g/mol. The van der Waals surface area contributed by atoms with Crippen LogP contribution in [0.2, 0.25) is 0 Å². The lowest BCUT2D eigenvalue weighted by Crippen LogP contribution is -1.94. The first-order valence-corrected chi connectivity index (χ1v) is 5.06. The molecule has 0 N–H and O–H groups in total. The van der Waals surface area contributed by atoms with Crippen LogP contribution in [0.5, 0.6) is 0 Å². The highest BCUT2D eigenvalue weighted by molar-refractivity contribution is 7.99. The molecule has 1 rings (SSSR count). The van der Waals surface area contributed by atoms with Crippen LogP contribution in [-0.4, -0.2) is 18.8 Å². The van der Waals surface area contributed by atoms with Gasteiger partial charge in [-0.1, -0.05) is 24.1 Å². The molecule has 0 spiro atoms. The van der Waals surface area contributed by atoms with Crippen LogP contribution < -0.4 is 0 Å². The lowest BCUT2D eigenvalue weighted by atomic mass is 10.4. The molecule has 0 heterocycles. The second kappa shape index (κ2) is 6.11. The van der Waals surface area contributed by atoms with Gasteiger partial charge in [0.1, 0.15) is 0 Å². The SMILES string of the molecule is COC(=O)C#CCSc1ccccc1. The fourth-order valence-corrected chi connectivity index (χ4v) is 1.46. The molecule has 0 aliphatic rings. The van der Waals surface area contributed by atoms with Crippen LogP contribution in [0.15, 0.2) is 35.2 Å². The van der Waals surface area contributed by atoms with E-state index in [0.29, 0.717) is 5.75 Å². The molecule has 0 radical (unpaired) electrons. The van der Waals surface area contributed by atoms with Crippen LogP contribution in [0.3, 0.4) is 0 Å². The Hall–Kier alpha value is -1.40. The molecule has 0 amide bonds. The Morgan fingerprint density at radius 2 is 2.14 bits per heavy atom. The Labute approximate surface area is 87.7 Å². The highest BCUT2D eigenvalue weighted by atomic mass is 32.2. The number of esters is 1. The predicted molar refractivity (Wildman–Crippen MR) is 57.0 cm³/mol. The van der Waals surface area contributed by atoms with Gasteiger partial charge in [0.25, 0.3) is 0 Å². The summed E-state index contributed by atoms with van der Waals surface area (Å²) >= 11 is 1.59. The summed E-state index contributed by atoms with van der Waals surface area (Å²) in [4.78, 5) is 11.8. The maximum absolute atomic E-state index is 10.6. The maximum Gasteiger partial charge on any atom is 0.384 e. The van der Waals surface area contributed by atoms with Crippen molar-refractivity contribution in [3.63, 3.8) is 0 Å². The average Bonchev–Trinajstić information content (AvgIpc) is 2.25. The van der Waals surface area contributed by atoms with Crippen molar-refractivity contribution >= 4 is 17.7 Å². The molecular formula is C11H10O2S. The van der Waals surface area contributed by atoms with Crippen LogP contribution in [-0.2, 0) is 9.53 Å².